The van der Waals surface area contributed by atoms with Gasteiger partial charge in [-0.3, -0.25) is 14.9 Å². The van der Waals surface area contributed by atoms with Gasteiger partial charge in [-0.05, 0) is 12.8 Å². The highest BCUT2D eigenvalue weighted by Crippen LogP contribution is 2.26. The number of urea groups is 1. The van der Waals surface area contributed by atoms with Gasteiger partial charge in [0.1, 0.15) is 5.54 Å². The van der Waals surface area contributed by atoms with Gasteiger partial charge in [-0.1, -0.05) is 6.92 Å². The molecule has 7 heteroatoms. The van der Waals surface area contributed by atoms with Crippen molar-refractivity contribution in [2.24, 2.45) is 11.7 Å². The molecule has 7 nitrogen and oxygen atoms in total. The van der Waals surface area contributed by atoms with Crippen LogP contribution in [0.2, 0.25) is 0 Å². The van der Waals surface area contributed by atoms with Gasteiger partial charge in [-0.25, -0.2) is 4.79 Å². The Bertz CT molecular complexity index is 388. The maximum absolute atomic E-state index is 11.9. The first kappa shape index (κ1) is 12.8. The lowest BCUT2D eigenvalue weighted by atomic mass is 9.87. The standard InChI is InChI=1S/C11H18N4O3/c1-7(6-12)8(16)15-4-2-11(3-5-15)9(17)13-10(18)14-11/h7H,2-6,12H2,1H3,(H2,13,14,17,18). The molecule has 0 bridgehead atoms. The van der Waals surface area contributed by atoms with Gasteiger partial charge >= 0.3 is 6.03 Å². The van der Waals surface area contributed by atoms with Crippen LogP contribution in [-0.4, -0.2) is 47.9 Å². The van der Waals surface area contributed by atoms with Crippen LogP contribution in [0.25, 0.3) is 0 Å². The van der Waals surface area contributed by atoms with Gasteiger partial charge in [-0.15, -0.1) is 0 Å². The van der Waals surface area contributed by atoms with Gasteiger partial charge in [-0.2, -0.15) is 0 Å². The monoisotopic (exact) mass is 254 g/mol. The number of nitrogens with two attached hydrogens (primary N) is 1. The van der Waals surface area contributed by atoms with Crippen LogP contribution >= 0.6 is 0 Å². The predicted octanol–water partition coefficient (Wildman–Crippen LogP) is -1.22. The molecule has 4 N–H and O–H groups in total. The highest BCUT2D eigenvalue weighted by Gasteiger charge is 2.48. The zero-order valence-corrected chi connectivity index (χ0v) is 10.4. The van der Waals surface area contributed by atoms with Crippen LogP contribution in [0.5, 0.6) is 0 Å². The van der Waals surface area contributed by atoms with Crippen molar-refractivity contribution in [1.29, 1.82) is 0 Å². The molecule has 0 radical (unpaired) electrons. The van der Waals surface area contributed by atoms with Crippen molar-refractivity contribution in [1.82, 2.24) is 15.5 Å². The fourth-order valence-electron chi connectivity index (χ4n) is 2.40. The molecule has 18 heavy (non-hydrogen) atoms. The number of hydrogen-bond donors (Lipinski definition) is 3. The number of hydrogen-bond acceptors (Lipinski definition) is 4. The normalized spacial score (nSPS) is 23.8. The van der Waals surface area contributed by atoms with E-state index in [2.05, 4.69) is 10.6 Å². The number of nitrogens with one attached hydrogen (secondary N) is 2. The van der Waals surface area contributed by atoms with E-state index in [1.807, 2.05) is 0 Å². The third-order valence-electron chi connectivity index (χ3n) is 3.72. The van der Waals surface area contributed by atoms with E-state index in [1.54, 1.807) is 11.8 Å². The van der Waals surface area contributed by atoms with E-state index in [0.29, 0.717) is 32.5 Å². The van der Waals surface area contributed by atoms with Crippen LogP contribution in [0.1, 0.15) is 19.8 Å². The second kappa shape index (κ2) is 4.56. The molecule has 0 aromatic heterocycles. The summed E-state index contributed by atoms with van der Waals surface area (Å²) in [5.74, 6) is -0.477. The SMILES string of the molecule is CC(CN)C(=O)N1CCC2(CC1)NC(=O)NC2=O. The molecular weight excluding hydrogens is 236 g/mol. The number of nitrogens with zero attached hydrogens (tertiary/aromatic N) is 1. The Morgan fingerprint density at radius 1 is 1.44 bits per heavy atom. The molecule has 1 atom stereocenters. The molecule has 2 aliphatic heterocycles. The smallest absolute Gasteiger partial charge is 0.322 e. The summed E-state index contributed by atoms with van der Waals surface area (Å²) in [6.45, 7) is 3.04. The van der Waals surface area contributed by atoms with E-state index in [9.17, 15) is 14.4 Å². The fraction of sp³-hybridized carbons (Fsp3) is 0.727. The molecule has 4 amide bonds. The zero-order chi connectivity index (χ0) is 13.3. The molecule has 2 rings (SSSR count). The average molecular weight is 254 g/mol. The first-order chi connectivity index (χ1) is 8.48. The maximum atomic E-state index is 11.9. The van der Waals surface area contributed by atoms with Crippen LogP contribution in [0.15, 0.2) is 0 Å². The second-order valence-electron chi connectivity index (χ2n) is 4.95. The van der Waals surface area contributed by atoms with E-state index in [-0.39, 0.29) is 17.7 Å². The van der Waals surface area contributed by atoms with E-state index < -0.39 is 11.6 Å². The Morgan fingerprint density at radius 3 is 2.50 bits per heavy atom. The minimum atomic E-state index is -0.820. The summed E-state index contributed by atoms with van der Waals surface area (Å²) in [4.78, 5) is 36.5. The van der Waals surface area contributed by atoms with Crippen LogP contribution in [0.3, 0.4) is 0 Å². The maximum Gasteiger partial charge on any atom is 0.322 e. The third kappa shape index (κ3) is 2.05. The molecule has 2 heterocycles. The van der Waals surface area contributed by atoms with Crippen molar-refractivity contribution in [2.45, 2.75) is 25.3 Å². The Morgan fingerprint density at radius 2 is 2.06 bits per heavy atom. The summed E-state index contributed by atoms with van der Waals surface area (Å²) in [7, 11) is 0. The summed E-state index contributed by atoms with van der Waals surface area (Å²) in [6, 6.07) is -0.449. The lowest BCUT2D eigenvalue weighted by molar-refractivity contribution is -0.138. The molecule has 0 saturated carbocycles. The minimum Gasteiger partial charge on any atom is -0.342 e. The highest BCUT2D eigenvalue weighted by atomic mass is 16.2. The van der Waals surface area contributed by atoms with Gasteiger partial charge in [0, 0.05) is 25.6 Å². The quantitative estimate of drug-likeness (QED) is 0.537. The molecule has 2 aliphatic rings. The van der Waals surface area contributed by atoms with Crippen molar-refractivity contribution in [3.63, 3.8) is 0 Å². The van der Waals surface area contributed by atoms with Crippen molar-refractivity contribution in [3.8, 4) is 0 Å². The number of rotatable bonds is 2. The Labute approximate surface area is 105 Å². The van der Waals surface area contributed by atoms with Crippen LogP contribution < -0.4 is 16.4 Å². The molecule has 1 unspecified atom stereocenters. The summed E-state index contributed by atoms with van der Waals surface area (Å²) >= 11 is 0. The lowest BCUT2D eigenvalue weighted by Gasteiger charge is -2.37. The largest absolute Gasteiger partial charge is 0.342 e. The van der Waals surface area contributed by atoms with Crippen molar-refractivity contribution < 1.29 is 14.4 Å². The van der Waals surface area contributed by atoms with Crippen molar-refractivity contribution in [2.75, 3.05) is 19.6 Å². The molecule has 1 spiro atoms. The minimum absolute atomic E-state index is 0.0112. The van der Waals surface area contributed by atoms with Gasteiger partial charge in [0.25, 0.3) is 5.91 Å². The Hall–Kier alpha value is -1.63. The van der Waals surface area contributed by atoms with Crippen LogP contribution in [0.4, 0.5) is 4.79 Å². The van der Waals surface area contributed by atoms with Crippen LogP contribution in [-0.2, 0) is 9.59 Å². The number of imide groups is 1. The fourth-order valence-corrected chi connectivity index (χ4v) is 2.40. The van der Waals surface area contributed by atoms with E-state index >= 15 is 0 Å². The van der Waals surface area contributed by atoms with Crippen LogP contribution in [0, 0.1) is 5.92 Å². The van der Waals surface area contributed by atoms with E-state index in [1.165, 1.54) is 0 Å². The first-order valence-corrected chi connectivity index (χ1v) is 6.11. The van der Waals surface area contributed by atoms with E-state index in [0.717, 1.165) is 0 Å². The summed E-state index contributed by atoms with van der Waals surface area (Å²) in [5.41, 5.74) is 4.65. The zero-order valence-electron chi connectivity index (χ0n) is 10.4. The van der Waals surface area contributed by atoms with Gasteiger partial charge in [0.15, 0.2) is 0 Å². The highest BCUT2D eigenvalue weighted by molar-refractivity contribution is 6.07. The summed E-state index contributed by atoms with van der Waals surface area (Å²) in [6.07, 6.45) is 0.904. The molecule has 0 aromatic carbocycles. The second-order valence-corrected chi connectivity index (χ2v) is 4.95. The van der Waals surface area contributed by atoms with E-state index in [4.69, 9.17) is 5.73 Å². The molecule has 2 fully saturated rings. The Kier molecular flexibility index (Phi) is 3.25. The van der Waals surface area contributed by atoms with Crippen molar-refractivity contribution >= 4 is 17.8 Å². The third-order valence-corrected chi connectivity index (χ3v) is 3.72. The first-order valence-electron chi connectivity index (χ1n) is 6.11. The van der Waals surface area contributed by atoms with Gasteiger partial charge in [0.2, 0.25) is 5.91 Å². The summed E-state index contributed by atoms with van der Waals surface area (Å²) in [5, 5.41) is 4.90. The number of carbonyl (C=O) groups excluding carboxylic acids is 3. The summed E-state index contributed by atoms with van der Waals surface area (Å²) < 4.78 is 0. The molecule has 100 valence electrons. The molecule has 2 saturated heterocycles. The molecular formula is C11H18N4O3. The number of likely N-dealkylation sites (tertiary alicyclic amines) is 1. The molecule has 0 aromatic rings. The number of amides is 4. The van der Waals surface area contributed by atoms with Gasteiger partial charge in [0.05, 0.1) is 0 Å². The lowest BCUT2D eigenvalue weighted by Crippen LogP contribution is -2.56. The van der Waals surface area contributed by atoms with Gasteiger partial charge < -0.3 is 16.0 Å². The number of carbonyl (C=O) groups is 3. The topological polar surface area (TPSA) is 105 Å². The predicted molar refractivity (Wildman–Crippen MR) is 63.4 cm³/mol. The Balaban J connectivity index is 1.98. The number of piperidine rings is 1. The van der Waals surface area contributed by atoms with Crippen molar-refractivity contribution in [3.05, 3.63) is 0 Å². The average Bonchev–Trinajstić information content (AvgIpc) is 2.63. The molecule has 0 aliphatic carbocycles.